The van der Waals surface area contributed by atoms with Gasteiger partial charge in [0.05, 0.1) is 6.04 Å². The molecular formula is C13H12ClN3OS. The first-order chi connectivity index (χ1) is 9.25. The van der Waals surface area contributed by atoms with E-state index in [0.29, 0.717) is 10.8 Å². The van der Waals surface area contributed by atoms with E-state index in [9.17, 15) is 4.79 Å². The highest BCUT2D eigenvalue weighted by atomic mass is 35.5. The van der Waals surface area contributed by atoms with E-state index in [2.05, 4.69) is 16.3 Å². The lowest BCUT2D eigenvalue weighted by Crippen LogP contribution is -2.31. The fraction of sp³-hybridized carbons (Fsp3) is 0.308. The number of amides is 1. The van der Waals surface area contributed by atoms with Gasteiger partial charge in [-0.25, -0.2) is 0 Å². The zero-order valence-electron chi connectivity index (χ0n) is 10.1. The molecule has 6 heteroatoms. The van der Waals surface area contributed by atoms with Crippen LogP contribution in [0.25, 0.3) is 0 Å². The third-order valence-electron chi connectivity index (χ3n) is 3.24. The SMILES string of the molecule is O=C(c1ccc(Cl)nn1)N1CCCC1c1cccs1. The molecule has 1 unspecified atom stereocenters. The summed E-state index contributed by atoms with van der Waals surface area (Å²) in [6.07, 6.45) is 2.03. The Morgan fingerprint density at radius 2 is 2.26 bits per heavy atom. The minimum absolute atomic E-state index is 0.0694. The fourth-order valence-electron chi connectivity index (χ4n) is 2.36. The van der Waals surface area contributed by atoms with Gasteiger partial charge in [-0.1, -0.05) is 17.7 Å². The van der Waals surface area contributed by atoms with Gasteiger partial charge in [-0.2, -0.15) is 0 Å². The largest absolute Gasteiger partial charge is 0.329 e. The van der Waals surface area contributed by atoms with Crippen LogP contribution in [-0.2, 0) is 0 Å². The van der Waals surface area contributed by atoms with Crippen molar-refractivity contribution in [3.8, 4) is 0 Å². The van der Waals surface area contributed by atoms with E-state index in [1.807, 2.05) is 16.3 Å². The summed E-state index contributed by atoms with van der Waals surface area (Å²) in [7, 11) is 0. The molecule has 19 heavy (non-hydrogen) atoms. The summed E-state index contributed by atoms with van der Waals surface area (Å²) in [5.41, 5.74) is 0.354. The summed E-state index contributed by atoms with van der Waals surface area (Å²) in [5.74, 6) is -0.0694. The summed E-state index contributed by atoms with van der Waals surface area (Å²) in [4.78, 5) is 15.6. The summed E-state index contributed by atoms with van der Waals surface area (Å²) in [6, 6.07) is 7.49. The maximum atomic E-state index is 12.4. The van der Waals surface area contributed by atoms with Crippen molar-refractivity contribution in [2.75, 3.05) is 6.54 Å². The smallest absolute Gasteiger partial charge is 0.274 e. The van der Waals surface area contributed by atoms with Gasteiger partial charge in [-0.05, 0) is 36.4 Å². The molecule has 0 N–H and O–H groups in total. The lowest BCUT2D eigenvalue weighted by atomic mass is 10.2. The Morgan fingerprint density at radius 3 is 2.95 bits per heavy atom. The van der Waals surface area contributed by atoms with Crippen molar-refractivity contribution in [3.63, 3.8) is 0 Å². The van der Waals surface area contributed by atoms with Gasteiger partial charge in [0.15, 0.2) is 10.8 Å². The number of hydrogen-bond donors (Lipinski definition) is 0. The summed E-state index contributed by atoms with van der Waals surface area (Å²) >= 11 is 7.38. The van der Waals surface area contributed by atoms with Crippen LogP contribution in [0.1, 0.15) is 34.2 Å². The maximum absolute atomic E-state index is 12.4. The Bertz CT molecular complexity index is 570. The molecule has 0 radical (unpaired) electrons. The Kier molecular flexibility index (Phi) is 3.48. The number of likely N-dealkylation sites (tertiary alicyclic amines) is 1. The van der Waals surface area contributed by atoms with E-state index in [0.717, 1.165) is 19.4 Å². The number of nitrogens with zero attached hydrogens (tertiary/aromatic N) is 3. The second-order valence-corrected chi connectivity index (χ2v) is 5.78. The van der Waals surface area contributed by atoms with Gasteiger partial charge in [0.25, 0.3) is 5.91 Å². The first-order valence-corrected chi connectivity index (χ1v) is 7.35. The van der Waals surface area contributed by atoms with Crippen molar-refractivity contribution in [2.24, 2.45) is 0 Å². The standard InChI is InChI=1S/C13H12ClN3OS/c14-12-6-5-9(15-16-12)13(18)17-7-1-3-10(17)11-4-2-8-19-11/h2,4-6,8,10H,1,3,7H2. The molecule has 1 atom stereocenters. The van der Waals surface area contributed by atoms with Crippen LogP contribution in [-0.4, -0.2) is 27.5 Å². The van der Waals surface area contributed by atoms with E-state index in [-0.39, 0.29) is 11.9 Å². The Hall–Kier alpha value is -1.46. The number of hydrogen-bond acceptors (Lipinski definition) is 4. The van der Waals surface area contributed by atoms with Crippen LogP contribution in [0.4, 0.5) is 0 Å². The van der Waals surface area contributed by atoms with E-state index < -0.39 is 0 Å². The molecule has 1 fully saturated rings. The van der Waals surface area contributed by atoms with Gasteiger partial charge in [-0.3, -0.25) is 4.79 Å². The zero-order valence-corrected chi connectivity index (χ0v) is 11.7. The van der Waals surface area contributed by atoms with Crippen LogP contribution in [0.2, 0.25) is 5.15 Å². The van der Waals surface area contributed by atoms with Crippen LogP contribution in [0.5, 0.6) is 0 Å². The molecule has 2 aromatic heterocycles. The molecule has 0 bridgehead atoms. The van der Waals surface area contributed by atoms with Gasteiger partial charge in [0, 0.05) is 11.4 Å². The number of aromatic nitrogens is 2. The highest BCUT2D eigenvalue weighted by Gasteiger charge is 2.31. The topological polar surface area (TPSA) is 46.1 Å². The number of rotatable bonds is 2. The van der Waals surface area contributed by atoms with Gasteiger partial charge >= 0.3 is 0 Å². The predicted octanol–water partition coefficient (Wildman–Crippen LogP) is 3.17. The fourth-order valence-corrected chi connectivity index (χ4v) is 3.34. The summed E-state index contributed by atoms with van der Waals surface area (Å²) in [6.45, 7) is 0.770. The van der Waals surface area contributed by atoms with E-state index in [1.54, 1.807) is 23.5 Å². The van der Waals surface area contributed by atoms with Gasteiger partial charge in [0.1, 0.15) is 0 Å². The van der Waals surface area contributed by atoms with Crippen molar-refractivity contribution < 1.29 is 4.79 Å². The summed E-state index contributed by atoms with van der Waals surface area (Å²) in [5, 5.41) is 9.94. The highest BCUT2D eigenvalue weighted by molar-refractivity contribution is 7.10. The molecule has 3 rings (SSSR count). The molecule has 0 spiro atoms. The van der Waals surface area contributed by atoms with E-state index >= 15 is 0 Å². The van der Waals surface area contributed by atoms with Gasteiger partial charge < -0.3 is 4.90 Å². The molecule has 98 valence electrons. The van der Waals surface area contributed by atoms with Crippen LogP contribution in [0.15, 0.2) is 29.6 Å². The third-order valence-corrected chi connectivity index (χ3v) is 4.41. The normalized spacial score (nSPS) is 18.8. The molecule has 0 aliphatic carbocycles. The second kappa shape index (κ2) is 5.27. The first-order valence-electron chi connectivity index (χ1n) is 6.09. The Labute approximate surface area is 120 Å². The van der Waals surface area contributed by atoms with E-state index in [4.69, 9.17) is 11.6 Å². The molecule has 1 aliphatic heterocycles. The second-order valence-electron chi connectivity index (χ2n) is 4.41. The molecule has 1 aliphatic rings. The van der Waals surface area contributed by atoms with Crippen LogP contribution in [0, 0.1) is 0 Å². The maximum Gasteiger partial charge on any atom is 0.274 e. The number of halogens is 1. The molecule has 0 aromatic carbocycles. The quantitative estimate of drug-likeness (QED) is 0.854. The van der Waals surface area contributed by atoms with E-state index in [1.165, 1.54) is 4.88 Å². The van der Waals surface area contributed by atoms with Crippen LogP contribution < -0.4 is 0 Å². The lowest BCUT2D eigenvalue weighted by Gasteiger charge is -2.23. The number of carbonyl (C=O) groups is 1. The first kappa shape index (κ1) is 12.6. The van der Waals surface area contributed by atoms with Crippen molar-refractivity contribution in [3.05, 3.63) is 45.4 Å². The molecule has 3 heterocycles. The molecule has 1 amide bonds. The van der Waals surface area contributed by atoms with Gasteiger partial charge in [-0.15, -0.1) is 21.5 Å². The predicted molar refractivity (Wildman–Crippen MR) is 74.4 cm³/mol. The molecule has 4 nitrogen and oxygen atoms in total. The minimum Gasteiger partial charge on any atom is -0.329 e. The highest BCUT2D eigenvalue weighted by Crippen LogP contribution is 2.35. The molecule has 0 saturated carbocycles. The minimum atomic E-state index is -0.0694. The van der Waals surface area contributed by atoms with Crippen molar-refractivity contribution in [1.29, 1.82) is 0 Å². The third kappa shape index (κ3) is 2.48. The van der Waals surface area contributed by atoms with Crippen LogP contribution in [0.3, 0.4) is 0 Å². The zero-order chi connectivity index (χ0) is 13.2. The molecule has 1 saturated heterocycles. The monoisotopic (exact) mass is 293 g/mol. The molecular weight excluding hydrogens is 282 g/mol. The van der Waals surface area contributed by atoms with Crippen molar-refractivity contribution in [2.45, 2.75) is 18.9 Å². The van der Waals surface area contributed by atoms with Crippen molar-refractivity contribution >= 4 is 28.8 Å². The number of carbonyl (C=O) groups excluding carboxylic acids is 1. The van der Waals surface area contributed by atoms with Crippen molar-refractivity contribution in [1.82, 2.24) is 15.1 Å². The summed E-state index contributed by atoms with van der Waals surface area (Å²) < 4.78 is 0. The lowest BCUT2D eigenvalue weighted by molar-refractivity contribution is 0.0730. The Morgan fingerprint density at radius 1 is 1.37 bits per heavy atom. The average Bonchev–Trinajstić information content (AvgIpc) is 3.09. The number of thiophene rings is 1. The van der Waals surface area contributed by atoms with Crippen LogP contribution >= 0.6 is 22.9 Å². The Balaban J connectivity index is 1.84. The average molecular weight is 294 g/mol. The van der Waals surface area contributed by atoms with Gasteiger partial charge in [0.2, 0.25) is 0 Å². The molecule has 2 aromatic rings.